The van der Waals surface area contributed by atoms with Gasteiger partial charge in [0.2, 0.25) is 11.6 Å². The zero-order valence-corrected chi connectivity index (χ0v) is 6.30. The van der Waals surface area contributed by atoms with E-state index in [0.717, 1.165) is 0 Å². The maximum absolute atomic E-state index is 10.7. The number of nitrogens with two attached hydrogens (primary N) is 1. The molecule has 0 aromatic heterocycles. The molecular formula is C6H11NO5. The molecule has 0 saturated carbocycles. The fourth-order valence-corrected chi connectivity index (χ4v) is 0.518. The molecule has 0 fully saturated rings. The van der Waals surface area contributed by atoms with E-state index in [1.54, 1.807) is 0 Å². The first-order chi connectivity index (χ1) is 5.54. The Balaban J connectivity index is 4.19. The average molecular weight is 177 g/mol. The first-order valence-electron chi connectivity index (χ1n) is 3.29. The van der Waals surface area contributed by atoms with Crippen LogP contribution < -0.4 is 5.73 Å². The lowest BCUT2D eigenvalue weighted by Gasteiger charge is -2.07. The Labute approximate surface area is 68.6 Å². The summed E-state index contributed by atoms with van der Waals surface area (Å²) in [5, 5.41) is 25.7. The smallest absolute Gasteiger partial charge is 0.231 e. The largest absolute Gasteiger partial charge is 0.393 e. The number of hydrogen-bond acceptors (Lipinski definition) is 6. The van der Waals surface area contributed by atoms with Crippen molar-refractivity contribution < 1.29 is 24.9 Å². The van der Waals surface area contributed by atoms with E-state index in [9.17, 15) is 9.59 Å². The second-order valence-electron chi connectivity index (χ2n) is 2.18. The predicted molar refractivity (Wildman–Crippen MR) is 38.2 cm³/mol. The lowest BCUT2D eigenvalue weighted by Crippen LogP contribution is -2.41. The quantitative estimate of drug-likeness (QED) is 0.328. The summed E-state index contributed by atoms with van der Waals surface area (Å²) in [6, 6.07) is 0. The zero-order chi connectivity index (χ0) is 9.72. The molecular weight excluding hydrogens is 166 g/mol. The van der Waals surface area contributed by atoms with Crippen LogP contribution in [0.4, 0.5) is 0 Å². The molecule has 6 heteroatoms. The van der Waals surface area contributed by atoms with Gasteiger partial charge in [-0.1, -0.05) is 0 Å². The third-order valence-electron chi connectivity index (χ3n) is 1.24. The van der Waals surface area contributed by atoms with Crippen LogP contribution in [0.15, 0.2) is 0 Å². The van der Waals surface area contributed by atoms with E-state index < -0.39 is 30.4 Å². The van der Waals surface area contributed by atoms with Gasteiger partial charge in [0.15, 0.2) is 0 Å². The summed E-state index contributed by atoms with van der Waals surface area (Å²) >= 11 is 0. The number of aliphatic hydroxyl groups is 3. The van der Waals surface area contributed by atoms with Crippen molar-refractivity contribution in [2.75, 3.05) is 13.2 Å². The van der Waals surface area contributed by atoms with Crippen LogP contribution in [0.5, 0.6) is 0 Å². The number of rotatable bonds is 5. The molecule has 2 atom stereocenters. The first kappa shape index (κ1) is 11.2. The minimum absolute atomic E-state index is 0.386. The highest BCUT2D eigenvalue weighted by Crippen LogP contribution is 1.91. The Kier molecular flexibility index (Phi) is 4.60. The highest BCUT2D eigenvalue weighted by atomic mass is 16.3. The van der Waals surface area contributed by atoms with Crippen LogP contribution in [0.1, 0.15) is 0 Å². The predicted octanol–water partition coefficient (Wildman–Crippen LogP) is -3.20. The average Bonchev–Trinajstić information content (AvgIpc) is 2.12. The van der Waals surface area contributed by atoms with Crippen LogP contribution in [0.2, 0.25) is 0 Å². The van der Waals surface area contributed by atoms with Gasteiger partial charge in [-0.3, -0.25) is 9.59 Å². The third-order valence-corrected chi connectivity index (χ3v) is 1.24. The summed E-state index contributed by atoms with van der Waals surface area (Å²) in [6.45, 7) is -1.23. The van der Waals surface area contributed by atoms with Gasteiger partial charge in [-0.25, -0.2) is 0 Å². The van der Waals surface area contributed by atoms with Crippen molar-refractivity contribution in [2.24, 2.45) is 5.73 Å². The highest BCUT2D eigenvalue weighted by molar-refractivity contribution is 6.40. The molecule has 0 spiro atoms. The fourth-order valence-electron chi connectivity index (χ4n) is 0.518. The number of aliphatic hydroxyl groups excluding tert-OH is 3. The number of hydrogen-bond donors (Lipinski definition) is 4. The van der Waals surface area contributed by atoms with Crippen molar-refractivity contribution in [2.45, 2.75) is 12.2 Å². The van der Waals surface area contributed by atoms with Gasteiger partial charge in [0.25, 0.3) is 0 Å². The first-order valence-corrected chi connectivity index (χ1v) is 3.29. The molecule has 0 aromatic carbocycles. The SMILES string of the molecule is NC[C@H](O)C(=O)C(=O)[C@H](O)CO. The van der Waals surface area contributed by atoms with Crippen molar-refractivity contribution in [3.63, 3.8) is 0 Å². The van der Waals surface area contributed by atoms with Gasteiger partial charge in [0, 0.05) is 6.54 Å². The monoisotopic (exact) mass is 177 g/mol. The Hall–Kier alpha value is -0.820. The fraction of sp³-hybridized carbons (Fsp3) is 0.667. The van der Waals surface area contributed by atoms with E-state index >= 15 is 0 Å². The van der Waals surface area contributed by atoms with Gasteiger partial charge in [-0.2, -0.15) is 0 Å². The molecule has 0 unspecified atom stereocenters. The Morgan fingerprint density at radius 1 is 1.17 bits per heavy atom. The Morgan fingerprint density at radius 3 is 1.92 bits per heavy atom. The molecule has 70 valence electrons. The van der Waals surface area contributed by atoms with E-state index in [-0.39, 0.29) is 6.54 Å². The molecule has 5 N–H and O–H groups in total. The standard InChI is InChI=1S/C6H11NO5/c7-1-3(9)5(11)6(12)4(10)2-8/h3-4,8-10H,1-2,7H2/t3-,4+/m0/s1. The molecule has 0 aromatic rings. The van der Waals surface area contributed by atoms with Crippen molar-refractivity contribution in [3.8, 4) is 0 Å². The highest BCUT2D eigenvalue weighted by Gasteiger charge is 2.27. The topological polar surface area (TPSA) is 121 Å². The van der Waals surface area contributed by atoms with E-state index in [4.69, 9.17) is 21.1 Å². The second kappa shape index (κ2) is 4.94. The number of Topliss-reactive ketones (excluding diaryl/α,β-unsaturated/α-hetero) is 2. The third kappa shape index (κ3) is 2.67. The molecule has 0 amide bonds. The summed E-state index contributed by atoms with van der Waals surface area (Å²) in [5.74, 6) is -2.41. The van der Waals surface area contributed by atoms with Crippen molar-refractivity contribution in [1.29, 1.82) is 0 Å². The summed E-state index contributed by atoms with van der Waals surface area (Å²) < 4.78 is 0. The molecule has 0 saturated heterocycles. The maximum atomic E-state index is 10.7. The molecule has 0 radical (unpaired) electrons. The van der Waals surface area contributed by atoms with Crippen molar-refractivity contribution in [1.82, 2.24) is 0 Å². The number of carbonyl (C=O) groups excluding carboxylic acids is 2. The van der Waals surface area contributed by atoms with E-state index in [2.05, 4.69) is 0 Å². The number of carbonyl (C=O) groups is 2. The minimum Gasteiger partial charge on any atom is -0.393 e. The van der Waals surface area contributed by atoms with Crippen molar-refractivity contribution >= 4 is 11.6 Å². The van der Waals surface area contributed by atoms with Crippen molar-refractivity contribution in [3.05, 3.63) is 0 Å². The van der Waals surface area contributed by atoms with Crippen LogP contribution in [-0.4, -0.2) is 52.2 Å². The van der Waals surface area contributed by atoms with Gasteiger partial charge in [0.1, 0.15) is 12.2 Å². The lowest BCUT2D eigenvalue weighted by atomic mass is 10.1. The molecule has 0 heterocycles. The van der Waals surface area contributed by atoms with Gasteiger partial charge in [-0.05, 0) is 0 Å². The van der Waals surface area contributed by atoms with Gasteiger partial charge in [-0.15, -0.1) is 0 Å². The summed E-state index contributed by atoms with van der Waals surface area (Å²) in [7, 11) is 0. The molecule has 0 aliphatic heterocycles. The Bertz CT molecular complexity index is 161. The van der Waals surface area contributed by atoms with Crippen LogP contribution in [0, 0.1) is 0 Å². The summed E-state index contributed by atoms with van der Waals surface area (Å²) in [6.07, 6.45) is -3.36. The second-order valence-corrected chi connectivity index (χ2v) is 2.18. The maximum Gasteiger partial charge on any atom is 0.231 e. The van der Waals surface area contributed by atoms with Crippen LogP contribution in [0.25, 0.3) is 0 Å². The van der Waals surface area contributed by atoms with Crippen LogP contribution in [0.3, 0.4) is 0 Å². The van der Waals surface area contributed by atoms with Crippen LogP contribution >= 0.6 is 0 Å². The molecule has 12 heavy (non-hydrogen) atoms. The lowest BCUT2D eigenvalue weighted by molar-refractivity contribution is -0.146. The summed E-state index contributed by atoms with van der Waals surface area (Å²) in [5.41, 5.74) is 4.89. The normalized spacial score (nSPS) is 15.3. The summed E-state index contributed by atoms with van der Waals surface area (Å²) in [4.78, 5) is 21.4. The Morgan fingerprint density at radius 2 is 1.58 bits per heavy atom. The van der Waals surface area contributed by atoms with Gasteiger partial charge in [0.05, 0.1) is 6.61 Å². The minimum atomic E-state index is -1.77. The van der Waals surface area contributed by atoms with E-state index in [1.807, 2.05) is 0 Å². The zero-order valence-electron chi connectivity index (χ0n) is 6.30. The molecule has 0 aliphatic carbocycles. The van der Waals surface area contributed by atoms with Gasteiger partial charge >= 0.3 is 0 Å². The molecule has 6 nitrogen and oxygen atoms in total. The molecule has 0 aliphatic rings. The molecule has 0 bridgehead atoms. The van der Waals surface area contributed by atoms with E-state index in [0.29, 0.717) is 0 Å². The number of ketones is 2. The van der Waals surface area contributed by atoms with Crippen LogP contribution in [-0.2, 0) is 9.59 Å². The van der Waals surface area contributed by atoms with Gasteiger partial charge < -0.3 is 21.1 Å². The van der Waals surface area contributed by atoms with E-state index in [1.165, 1.54) is 0 Å². The molecule has 0 rings (SSSR count).